The number of aromatic nitrogens is 1. The van der Waals surface area contributed by atoms with Crippen LogP contribution in [0.4, 0.5) is 0 Å². The van der Waals surface area contributed by atoms with E-state index in [0.29, 0.717) is 22.8 Å². The SMILES string of the molecule is NC(=O)CCC(NC(=O)C(N)Cc1ccc(Oc2ccc(Cc3sc(=O)[nH]c3O)cc2)cc1)C(=O)O. The Bertz CT molecular complexity index is 1270. The third-order valence-electron chi connectivity index (χ3n) is 5.23. The second-order valence-corrected chi connectivity index (χ2v) is 9.14. The summed E-state index contributed by atoms with van der Waals surface area (Å²) in [7, 11) is 0. The van der Waals surface area contributed by atoms with Gasteiger partial charge < -0.3 is 31.7 Å². The number of aliphatic carboxylic acids is 1. The van der Waals surface area contributed by atoms with E-state index in [1.807, 2.05) is 12.1 Å². The van der Waals surface area contributed by atoms with Gasteiger partial charge in [-0.05, 0) is 48.2 Å². The Kier molecular flexibility index (Phi) is 8.81. The van der Waals surface area contributed by atoms with Crippen molar-refractivity contribution in [3.8, 4) is 17.4 Å². The topological polar surface area (TPSA) is 198 Å². The van der Waals surface area contributed by atoms with Gasteiger partial charge in [0.2, 0.25) is 17.7 Å². The molecule has 0 radical (unpaired) electrons. The van der Waals surface area contributed by atoms with Gasteiger partial charge in [0.25, 0.3) is 0 Å². The summed E-state index contributed by atoms with van der Waals surface area (Å²) in [6, 6.07) is 11.9. The number of carbonyl (C=O) groups is 3. The third kappa shape index (κ3) is 7.68. The highest BCUT2D eigenvalue weighted by Crippen LogP contribution is 2.25. The van der Waals surface area contributed by atoms with Gasteiger partial charge in [-0.25, -0.2) is 4.79 Å². The number of hydrogen-bond donors (Lipinski definition) is 6. The maximum Gasteiger partial charge on any atom is 0.326 e. The molecule has 0 saturated carbocycles. The number of thiazole rings is 1. The van der Waals surface area contributed by atoms with Crippen LogP contribution in [0.15, 0.2) is 53.3 Å². The number of nitrogens with two attached hydrogens (primary N) is 2. The van der Waals surface area contributed by atoms with Gasteiger partial charge in [0.1, 0.15) is 17.5 Å². The molecule has 190 valence electrons. The first kappa shape index (κ1) is 26.4. The molecule has 1 aromatic heterocycles. The van der Waals surface area contributed by atoms with Crippen LogP contribution in [0.5, 0.6) is 17.4 Å². The van der Waals surface area contributed by atoms with E-state index in [4.69, 9.17) is 16.2 Å². The Labute approximate surface area is 209 Å². The fourth-order valence-electron chi connectivity index (χ4n) is 3.33. The van der Waals surface area contributed by atoms with E-state index in [2.05, 4.69) is 10.3 Å². The van der Waals surface area contributed by atoms with Crippen molar-refractivity contribution in [2.45, 2.75) is 37.8 Å². The van der Waals surface area contributed by atoms with Crippen molar-refractivity contribution < 1.29 is 29.3 Å². The lowest BCUT2D eigenvalue weighted by Gasteiger charge is -2.17. The molecule has 36 heavy (non-hydrogen) atoms. The van der Waals surface area contributed by atoms with Crippen molar-refractivity contribution >= 4 is 29.1 Å². The first-order valence-electron chi connectivity index (χ1n) is 10.9. The van der Waals surface area contributed by atoms with Crippen molar-refractivity contribution in [1.82, 2.24) is 10.3 Å². The summed E-state index contributed by atoms with van der Waals surface area (Å²) in [6.07, 6.45) is 0.291. The molecule has 12 heteroatoms. The van der Waals surface area contributed by atoms with Gasteiger partial charge in [0.15, 0.2) is 0 Å². The molecule has 11 nitrogen and oxygen atoms in total. The van der Waals surface area contributed by atoms with E-state index < -0.39 is 29.9 Å². The third-order valence-corrected chi connectivity index (χ3v) is 6.11. The van der Waals surface area contributed by atoms with E-state index in [0.717, 1.165) is 22.5 Å². The molecule has 2 unspecified atom stereocenters. The second kappa shape index (κ2) is 12.0. The predicted octanol–water partition coefficient (Wildman–Crippen LogP) is 1.23. The summed E-state index contributed by atoms with van der Waals surface area (Å²) in [4.78, 5) is 48.4. The minimum absolute atomic E-state index is 0.118. The molecular formula is C24H26N4O7S. The molecule has 2 atom stereocenters. The van der Waals surface area contributed by atoms with Crippen LogP contribution in [-0.4, -0.2) is 45.1 Å². The summed E-state index contributed by atoms with van der Waals surface area (Å²) in [5.74, 6) is -1.55. The molecule has 0 aliphatic rings. The van der Waals surface area contributed by atoms with Crippen LogP contribution in [0.2, 0.25) is 0 Å². The Morgan fingerprint density at radius 1 is 1.03 bits per heavy atom. The number of H-pyrrole nitrogens is 1. The van der Waals surface area contributed by atoms with E-state index in [1.54, 1.807) is 36.4 Å². The summed E-state index contributed by atoms with van der Waals surface area (Å²) in [5.41, 5.74) is 12.6. The smallest absolute Gasteiger partial charge is 0.326 e. The molecule has 3 rings (SSSR count). The number of carbonyl (C=O) groups excluding carboxylic acids is 2. The number of amides is 2. The van der Waals surface area contributed by atoms with Crippen LogP contribution < -0.4 is 26.4 Å². The highest BCUT2D eigenvalue weighted by Gasteiger charge is 2.23. The number of primary amides is 1. The Morgan fingerprint density at radius 3 is 2.11 bits per heavy atom. The van der Waals surface area contributed by atoms with Gasteiger partial charge in [0.05, 0.1) is 10.9 Å². The predicted molar refractivity (Wildman–Crippen MR) is 132 cm³/mol. The van der Waals surface area contributed by atoms with Crippen molar-refractivity contribution in [2.75, 3.05) is 0 Å². The minimum atomic E-state index is -1.27. The maximum absolute atomic E-state index is 12.3. The summed E-state index contributed by atoms with van der Waals surface area (Å²) in [5, 5.41) is 21.3. The van der Waals surface area contributed by atoms with Crippen molar-refractivity contribution in [2.24, 2.45) is 11.5 Å². The van der Waals surface area contributed by atoms with Crippen LogP contribution in [-0.2, 0) is 27.2 Å². The number of nitrogens with one attached hydrogen (secondary N) is 2. The fourth-order valence-corrected chi connectivity index (χ4v) is 4.09. The standard InChI is InChI=1S/C24H26N4O7S/c25-17(21(30)27-18(23(32)33)9-10-20(26)29)11-13-1-5-15(6-2-13)35-16-7-3-14(4-8-16)12-19-22(31)28-24(34)36-19/h1-8,17-18,31H,9-12,25H2,(H2,26,29)(H,27,30)(H,28,34)(H,32,33). The first-order chi connectivity index (χ1) is 17.1. The molecule has 2 aromatic carbocycles. The molecule has 0 aliphatic carbocycles. The van der Waals surface area contributed by atoms with Crippen LogP contribution in [0.1, 0.15) is 28.8 Å². The average molecular weight is 515 g/mol. The number of aromatic amines is 1. The molecule has 8 N–H and O–H groups in total. The Hall–Kier alpha value is -4.16. The first-order valence-corrected chi connectivity index (χ1v) is 11.8. The van der Waals surface area contributed by atoms with Gasteiger partial charge in [-0.3, -0.25) is 19.4 Å². The number of hydrogen-bond acceptors (Lipinski definition) is 8. The quantitative estimate of drug-likeness (QED) is 0.207. The average Bonchev–Trinajstić information content (AvgIpc) is 3.14. The molecule has 0 spiro atoms. The number of carboxylic acid groups (broad SMARTS) is 1. The lowest BCUT2D eigenvalue weighted by molar-refractivity contribution is -0.142. The molecule has 0 saturated heterocycles. The minimum Gasteiger partial charge on any atom is -0.494 e. The van der Waals surface area contributed by atoms with E-state index >= 15 is 0 Å². The van der Waals surface area contributed by atoms with Gasteiger partial charge in [-0.15, -0.1) is 0 Å². The fraction of sp³-hybridized carbons (Fsp3) is 0.250. The molecule has 0 fully saturated rings. The van der Waals surface area contributed by atoms with Gasteiger partial charge in [-0.1, -0.05) is 35.6 Å². The summed E-state index contributed by atoms with van der Waals surface area (Å²) in [6.45, 7) is 0. The Balaban J connectivity index is 1.53. The number of aromatic hydroxyl groups is 1. The van der Waals surface area contributed by atoms with E-state index in [9.17, 15) is 29.4 Å². The van der Waals surface area contributed by atoms with Gasteiger partial charge in [-0.2, -0.15) is 0 Å². The summed E-state index contributed by atoms with van der Waals surface area (Å²) >= 11 is 0.961. The number of benzene rings is 2. The molecule has 0 aliphatic heterocycles. The van der Waals surface area contributed by atoms with Crippen LogP contribution >= 0.6 is 11.3 Å². The Morgan fingerprint density at radius 2 is 1.61 bits per heavy atom. The van der Waals surface area contributed by atoms with Crippen molar-refractivity contribution in [3.05, 3.63) is 74.2 Å². The maximum atomic E-state index is 12.3. The van der Waals surface area contributed by atoms with Crippen LogP contribution in [0.25, 0.3) is 0 Å². The van der Waals surface area contributed by atoms with Crippen LogP contribution in [0, 0.1) is 0 Å². The summed E-state index contributed by atoms with van der Waals surface area (Å²) < 4.78 is 5.83. The van der Waals surface area contributed by atoms with Gasteiger partial charge in [0, 0.05) is 12.8 Å². The lowest BCUT2D eigenvalue weighted by Crippen LogP contribution is -2.49. The monoisotopic (exact) mass is 514 g/mol. The van der Waals surface area contributed by atoms with Crippen molar-refractivity contribution in [3.63, 3.8) is 0 Å². The van der Waals surface area contributed by atoms with Gasteiger partial charge >= 0.3 is 10.8 Å². The van der Waals surface area contributed by atoms with E-state index in [1.165, 1.54) is 0 Å². The zero-order chi connectivity index (χ0) is 26.2. The van der Waals surface area contributed by atoms with E-state index in [-0.39, 0.29) is 30.0 Å². The normalized spacial score (nSPS) is 12.5. The highest BCUT2D eigenvalue weighted by atomic mass is 32.1. The lowest BCUT2D eigenvalue weighted by atomic mass is 10.0. The molecule has 3 aromatic rings. The molecular weight excluding hydrogens is 488 g/mol. The zero-order valence-electron chi connectivity index (χ0n) is 19.1. The van der Waals surface area contributed by atoms with Crippen molar-refractivity contribution in [1.29, 1.82) is 0 Å². The number of ether oxygens (including phenoxy) is 1. The molecule has 0 bridgehead atoms. The second-order valence-electron chi connectivity index (χ2n) is 8.07. The number of rotatable bonds is 12. The molecule has 2 amide bonds. The van der Waals surface area contributed by atoms with Crippen LogP contribution in [0.3, 0.4) is 0 Å². The highest BCUT2D eigenvalue weighted by molar-refractivity contribution is 7.09. The molecule has 1 heterocycles. The number of carboxylic acids is 1. The largest absolute Gasteiger partial charge is 0.494 e. The zero-order valence-corrected chi connectivity index (χ0v) is 19.9.